The van der Waals surface area contributed by atoms with Gasteiger partial charge in [-0.3, -0.25) is 4.99 Å². The summed E-state index contributed by atoms with van der Waals surface area (Å²) in [5.41, 5.74) is 7.23. The van der Waals surface area contributed by atoms with Crippen molar-refractivity contribution < 1.29 is 4.74 Å². The quantitative estimate of drug-likeness (QED) is 0.396. The Hall–Kier alpha value is -2.27. The standard InChI is InChI=1S/C27H31Cl2N3O/c1-3-31(4-2)24-10-5-20(6-11-24)17-21-7-8-22(27(21)32-13-15-33-16-14-32)19-30-23-9-12-25(28)26(29)18-23/h5-6,9-12,17-19H,3-4,7-8,13-16H2,1-2H3/b21-17+,30-19?. The van der Waals surface area contributed by atoms with Crippen LogP contribution in [-0.2, 0) is 4.74 Å². The third kappa shape index (κ3) is 5.81. The van der Waals surface area contributed by atoms with Crippen LogP contribution in [0.15, 0.2) is 64.3 Å². The molecule has 1 aliphatic heterocycles. The molecule has 33 heavy (non-hydrogen) atoms. The molecule has 0 N–H and O–H groups in total. The summed E-state index contributed by atoms with van der Waals surface area (Å²) in [6, 6.07) is 14.4. The molecule has 174 valence electrons. The highest BCUT2D eigenvalue weighted by Crippen LogP contribution is 2.36. The van der Waals surface area contributed by atoms with E-state index in [-0.39, 0.29) is 0 Å². The summed E-state index contributed by atoms with van der Waals surface area (Å²) in [7, 11) is 0. The maximum Gasteiger partial charge on any atom is 0.0645 e. The highest BCUT2D eigenvalue weighted by molar-refractivity contribution is 6.42. The lowest BCUT2D eigenvalue weighted by molar-refractivity contribution is 0.0548. The van der Waals surface area contributed by atoms with Gasteiger partial charge in [0.05, 0.1) is 28.9 Å². The number of morpholine rings is 1. The zero-order valence-corrected chi connectivity index (χ0v) is 20.9. The number of hydrogen-bond donors (Lipinski definition) is 0. The van der Waals surface area contributed by atoms with Crippen LogP contribution in [0, 0.1) is 0 Å². The van der Waals surface area contributed by atoms with Gasteiger partial charge in [0.25, 0.3) is 0 Å². The zero-order chi connectivity index (χ0) is 23.2. The number of rotatable bonds is 7. The first-order chi connectivity index (χ1) is 16.1. The Morgan fingerprint density at radius 3 is 2.36 bits per heavy atom. The summed E-state index contributed by atoms with van der Waals surface area (Å²) in [6.45, 7) is 9.73. The molecule has 0 atom stereocenters. The Morgan fingerprint density at radius 1 is 0.970 bits per heavy atom. The Balaban J connectivity index is 1.63. The molecule has 0 radical (unpaired) electrons. The van der Waals surface area contributed by atoms with E-state index >= 15 is 0 Å². The lowest BCUT2D eigenvalue weighted by atomic mass is 10.1. The van der Waals surface area contributed by atoms with Crippen molar-refractivity contribution in [3.05, 3.63) is 74.9 Å². The van der Waals surface area contributed by atoms with E-state index < -0.39 is 0 Å². The fourth-order valence-electron chi connectivity index (χ4n) is 4.46. The van der Waals surface area contributed by atoms with Crippen molar-refractivity contribution in [3.8, 4) is 0 Å². The van der Waals surface area contributed by atoms with E-state index in [0.29, 0.717) is 10.0 Å². The number of aliphatic imine (C=N–C) groups is 1. The summed E-state index contributed by atoms with van der Waals surface area (Å²) in [5, 5.41) is 1.07. The SMILES string of the molecule is CCN(CC)c1ccc(/C=C2\CCC(C=Nc3ccc(Cl)c(Cl)c3)=C2N2CCOCC2)cc1. The van der Waals surface area contributed by atoms with Crippen molar-refractivity contribution >= 4 is 46.9 Å². The summed E-state index contributed by atoms with van der Waals surface area (Å²) >= 11 is 12.2. The number of hydrogen-bond acceptors (Lipinski definition) is 4. The van der Waals surface area contributed by atoms with Gasteiger partial charge in [-0.25, -0.2) is 0 Å². The summed E-state index contributed by atoms with van der Waals surface area (Å²) in [6.07, 6.45) is 6.31. The van der Waals surface area contributed by atoms with Crippen molar-refractivity contribution in [1.82, 2.24) is 4.90 Å². The molecule has 0 bridgehead atoms. The third-order valence-electron chi connectivity index (χ3n) is 6.23. The summed E-state index contributed by atoms with van der Waals surface area (Å²) in [4.78, 5) is 9.52. The van der Waals surface area contributed by atoms with Crippen molar-refractivity contribution in [3.63, 3.8) is 0 Å². The summed E-state index contributed by atoms with van der Waals surface area (Å²) in [5.74, 6) is 0. The van der Waals surface area contributed by atoms with Gasteiger partial charge < -0.3 is 14.5 Å². The van der Waals surface area contributed by atoms with Crippen LogP contribution in [-0.4, -0.2) is 50.5 Å². The Morgan fingerprint density at radius 2 is 1.70 bits per heavy atom. The van der Waals surface area contributed by atoms with E-state index in [9.17, 15) is 0 Å². The normalized spacial score (nSPS) is 18.1. The number of benzene rings is 2. The topological polar surface area (TPSA) is 28.1 Å². The Bertz CT molecular complexity index is 1050. The van der Waals surface area contributed by atoms with Crippen molar-refractivity contribution in [2.75, 3.05) is 44.3 Å². The van der Waals surface area contributed by atoms with Gasteiger partial charge in [0.2, 0.25) is 0 Å². The minimum atomic E-state index is 0.522. The predicted molar refractivity (Wildman–Crippen MR) is 141 cm³/mol. The molecule has 1 saturated heterocycles. The largest absolute Gasteiger partial charge is 0.378 e. The van der Waals surface area contributed by atoms with Gasteiger partial charge in [-0.2, -0.15) is 0 Å². The zero-order valence-electron chi connectivity index (χ0n) is 19.4. The molecule has 2 aromatic carbocycles. The molecule has 1 aliphatic carbocycles. The number of halogens is 2. The van der Waals surface area contributed by atoms with Crippen molar-refractivity contribution in [2.24, 2.45) is 4.99 Å². The first-order valence-electron chi connectivity index (χ1n) is 11.7. The number of anilines is 1. The molecule has 1 heterocycles. The maximum atomic E-state index is 6.17. The van der Waals surface area contributed by atoms with Gasteiger partial charge in [-0.05, 0) is 79.8 Å². The van der Waals surface area contributed by atoms with Crippen LogP contribution in [0.3, 0.4) is 0 Å². The lowest BCUT2D eigenvalue weighted by Gasteiger charge is -2.31. The second kappa shape index (κ2) is 11.2. The molecule has 2 aromatic rings. The van der Waals surface area contributed by atoms with Crippen molar-refractivity contribution in [1.29, 1.82) is 0 Å². The van der Waals surface area contributed by atoms with Crippen LogP contribution in [0.5, 0.6) is 0 Å². The highest BCUT2D eigenvalue weighted by atomic mass is 35.5. The minimum Gasteiger partial charge on any atom is -0.378 e. The van der Waals surface area contributed by atoms with E-state index in [4.69, 9.17) is 32.9 Å². The molecule has 4 rings (SSSR count). The average molecular weight is 484 g/mol. The van der Waals surface area contributed by atoms with E-state index in [1.807, 2.05) is 12.3 Å². The van der Waals surface area contributed by atoms with Crippen molar-refractivity contribution in [2.45, 2.75) is 26.7 Å². The second-order valence-corrected chi connectivity index (χ2v) is 9.08. The molecule has 0 unspecified atom stereocenters. The Kier molecular flexibility index (Phi) is 8.13. The van der Waals surface area contributed by atoms with Crippen LogP contribution in [0.4, 0.5) is 11.4 Å². The van der Waals surface area contributed by atoms with E-state index in [1.54, 1.807) is 12.1 Å². The van der Waals surface area contributed by atoms with E-state index in [1.165, 1.54) is 28.1 Å². The van der Waals surface area contributed by atoms with Crippen LogP contribution < -0.4 is 4.90 Å². The molecule has 0 spiro atoms. The molecular weight excluding hydrogens is 453 g/mol. The van der Waals surface area contributed by atoms with Gasteiger partial charge in [0.15, 0.2) is 0 Å². The Labute approximate surface area is 207 Å². The van der Waals surface area contributed by atoms with Gasteiger partial charge in [0, 0.05) is 43.8 Å². The molecule has 2 aliphatic rings. The lowest BCUT2D eigenvalue weighted by Crippen LogP contribution is -2.36. The third-order valence-corrected chi connectivity index (χ3v) is 6.97. The van der Waals surface area contributed by atoms with E-state index in [2.05, 4.69) is 54.0 Å². The van der Waals surface area contributed by atoms with Gasteiger partial charge in [-0.1, -0.05) is 35.3 Å². The molecule has 0 amide bonds. The van der Waals surface area contributed by atoms with Crippen LogP contribution in [0.25, 0.3) is 6.08 Å². The van der Waals surface area contributed by atoms with Crippen LogP contribution in [0.1, 0.15) is 32.3 Å². The molecule has 0 saturated carbocycles. The molecule has 4 nitrogen and oxygen atoms in total. The monoisotopic (exact) mass is 483 g/mol. The number of ether oxygens (including phenoxy) is 1. The van der Waals surface area contributed by atoms with Gasteiger partial charge in [-0.15, -0.1) is 0 Å². The predicted octanol–water partition coefficient (Wildman–Crippen LogP) is 7.01. The highest BCUT2D eigenvalue weighted by Gasteiger charge is 2.25. The molecule has 1 fully saturated rings. The minimum absolute atomic E-state index is 0.522. The molecule has 0 aromatic heterocycles. The van der Waals surface area contributed by atoms with E-state index in [0.717, 1.165) is 57.9 Å². The fraction of sp³-hybridized carbons (Fsp3) is 0.370. The molecular formula is C27H31Cl2N3O. The van der Waals surface area contributed by atoms with Crippen LogP contribution in [0.2, 0.25) is 10.0 Å². The van der Waals surface area contributed by atoms with Gasteiger partial charge in [0.1, 0.15) is 0 Å². The number of nitrogens with zero attached hydrogens (tertiary/aromatic N) is 3. The smallest absolute Gasteiger partial charge is 0.0645 e. The number of allylic oxidation sites excluding steroid dienone is 2. The summed E-state index contributed by atoms with van der Waals surface area (Å²) < 4.78 is 5.61. The van der Waals surface area contributed by atoms with Crippen LogP contribution >= 0.6 is 23.2 Å². The second-order valence-electron chi connectivity index (χ2n) is 8.26. The van der Waals surface area contributed by atoms with Gasteiger partial charge >= 0.3 is 0 Å². The average Bonchev–Trinajstić information content (AvgIpc) is 3.24. The first kappa shape index (κ1) is 23.9. The fourth-order valence-corrected chi connectivity index (χ4v) is 4.75. The molecule has 6 heteroatoms. The first-order valence-corrected chi connectivity index (χ1v) is 12.5. The maximum absolute atomic E-state index is 6.17.